The molecular weight excluding hydrogens is 916 g/mol. The van der Waals surface area contributed by atoms with Gasteiger partial charge in [-0.25, -0.2) is 9.97 Å². The van der Waals surface area contributed by atoms with Gasteiger partial charge in [0.1, 0.15) is 28.9 Å². The SMILES string of the molecule is O=C(CCl)N1CCCCC1.O=C(CN1CCC[C@@H](c2nc(-c3ccc4[nH]nc(-c5ccncc5)c4c3)n[nH]2)C1)N1CCCCC1.c1cc(-c2n[nH]c3ccc(-c4n[nH]c([C@@H]5CCCNC5)n4)cc23)ccn1. The Morgan fingerprint density at radius 2 is 1.07 bits per heavy atom. The van der Waals surface area contributed by atoms with Crippen molar-refractivity contribution in [3.8, 4) is 45.3 Å². The van der Waals surface area contributed by atoms with Gasteiger partial charge in [0.15, 0.2) is 11.6 Å². The molecule has 0 unspecified atom stereocenters. The van der Waals surface area contributed by atoms with Crippen LogP contribution in [0.2, 0.25) is 0 Å². The number of aromatic amines is 4. The first-order valence-corrected chi connectivity index (χ1v) is 25.7. The molecule has 4 fully saturated rings. The van der Waals surface area contributed by atoms with E-state index in [4.69, 9.17) is 21.6 Å². The second-order valence-electron chi connectivity index (χ2n) is 18.9. The van der Waals surface area contributed by atoms with E-state index in [-0.39, 0.29) is 23.6 Å². The smallest absolute Gasteiger partial charge is 0.237 e. The minimum Gasteiger partial charge on any atom is -0.342 e. The van der Waals surface area contributed by atoms with Crippen LogP contribution in [-0.4, -0.2) is 152 Å². The van der Waals surface area contributed by atoms with Gasteiger partial charge >= 0.3 is 0 Å². The molecule has 5 N–H and O–H groups in total. The van der Waals surface area contributed by atoms with E-state index in [0.717, 1.165) is 170 Å². The highest BCUT2D eigenvalue weighted by Gasteiger charge is 2.28. The number of aromatic nitrogens is 12. The number of carbonyl (C=O) groups is 2. The summed E-state index contributed by atoms with van der Waals surface area (Å²) in [4.78, 5) is 47.7. The number of benzene rings is 2. The molecule has 0 bridgehead atoms. The molecule has 0 spiro atoms. The van der Waals surface area contributed by atoms with E-state index in [2.05, 4.69) is 73.1 Å². The fourth-order valence-corrected chi connectivity index (χ4v) is 10.3. The van der Waals surface area contributed by atoms with E-state index >= 15 is 0 Å². The zero-order valence-corrected chi connectivity index (χ0v) is 40.7. The van der Waals surface area contributed by atoms with Crippen LogP contribution in [0.3, 0.4) is 0 Å². The van der Waals surface area contributed by atoms with Crippen LogP contribution in [0.15, 0.2) is 85.5 Å². The summed E-state index contributed by atoms with van der Waals surface area (Å²) in [6.45, 7) is 7.99. The van der Waals surface area contributed by atoms with Crippen LogP contribution in [0, 0.1) is 0 Å². The van der Waals surface area contributed by atoms with Gasteiger partial charge < -0.3 is 15.1 Å². The lowest BCUT2D eigenvalue weighted by Crippen LogP contribution is -2.45. The average molecular weight is 978 g/mol. The summed E-state index contributed by atoms with van der Waals surface area (Å²) in [5.41, 5.74) is 7.75. The number of halogens is 1. The Balaban J connectivity index is 0.000000141. The van der Waals surface area contributed by atoms with E-state index in [9.17, 15) is 9.59 Å². The van der Waals surface area contributed by atoms with Gasteiger partial charge in [0.25, 0.3) is 0 Å². The molecule has 4 aliphatic rings. The third-order valence-corrected chi connectivity index (χ3v) is 14.3. The Morgan fingerprint density at radius 1 is 0.549 bits per heavy atom. The number of rotatable bonds is 9. The van der Waals surface area contributed by atoms with E-state index in [1.807, 2.05) is 58.3 Å². The van der Waals surface area contributed by atoms with Gasteiger partial charge in [-0.15, -0.1) is 11.6 Å². The minimum absolute atomic E-state index is 0.0846. The average Bonchev–Trinajstić information content (AvgIpc) is 4.30. The van der Waals surface area contributed by atoms with Gasteiger partial charge in [-0.3, -0.25) is 44.9 Å². The van der Waals surface area contributed by atoms with Crippen LogP contribution >= 0.6 is 11.6 Å². The molecule has 6 aromatic heterocycles. The van der Waals surface area contributed by atoms with Crippen molar-refractivity contribution in [3.63, 3.8) is 0 Å². The predicted octanol–water partition coefficient (Wildman–Crippen LogP) is 7.72. The molecule has 8 aromatic rings. The number of piperidine rings is 4. The molecule has 0 radical (unpaired) electrons. The molecule has 368 valence electrons. The maximum atomic E-state index is 12.8. The molecule has 2 amide bonds. The highest BCUT2D eigenvalue weighted by Crippen LogP contribution is 2.32. The fourth-order valence-electron chi connectivity index (χ4n) is 10.1. The quantitative estimate of drug-likeness (QED) is 0.0878. The summed E-state index contributed by atoms with van der Waals surface area (Å²) in [5, 5.41) is 36.0. The minimum atomic E-state index is 0.0846. The number of alkyl halides is 1. The lowest BCUT2D eigenvalue weighted by molar-refractivity contribution is -0.133. The van der Waals surface area contributed by atoms with Crippen molar-refractivity contribution in [2.45, 2.75) is 76.0 Å². The number of carbonyl (C=O) groups excluding carboxylic acids is 2. The molecule has 4 aliphatic heterocycles. The van der Waals surface area contributed by atoms with Gasteiger partial charge in [0.05, 0.1) is 17.6 Å². The number of likely N-dealkylation sites (tertiary alicyclic amines) is 3. The second-order valence-corrected chi connectivity index (χ2v) is 19.1. The number of pyridine rings is 2. The first kappa shape index (κ1) is 47.8. The highest BCUT2D eigenvalue weighted by atomic mass is 35.5. The maximum Gasteiger partial charge on any atom is 0.237 e. The third kappa shape index (κ3) is 11.5. The lowest BCUT2D eigenvalue weighted by atomic mass is 9.97. The Morgan fingerprint density at radius 3 is 1.59 bits per heavy atom. The van der Waals surface area contributed by atoms with Crippen LogP contribution in [0.4, 0.5) is 0 Å². The van der Waals surface area contributed by atoms with Crippen molar-refractivity contribution >= 4 is 45.2 Å². The van der Waals surface area contributed by atoms with Crippen LogP contribution in [-0.2, 0) is 9.59 Å². The number of H-pyrrole nitrogens is 4. The van der Waals surface area contributed by atoms with Gasteiger partial charge in [0, 0.05) is 109 Å². The standard InChI is InChI=1S/C26H30N8O.C19H19N7.C7H12ClNO/c35-23(34-13-2-1-3-14-34)17-33-12-4-5-20(16-33)26-28-25(31-32-26)19-6-7-22-21(15-19)24(30-29-22)18-8-10-27-11-9-18;1-2-14(11-21-7-1)19-22-18(25-26-19)13-3-4-16-15(10-13)17(24-23-16)12-5-8-20-9-6-12;8-6-7(10)9-4-2-1-3-5-9/h6-11,15,20H,1-5,12-14,16-17H2,(H,29,30)(H,28,31,32);3-6,8-10,14,21H,1-2,7,11H2,(H,23,24)(H,22,25,26);1-6H2/t20-;14-;/m11./s1. The van der Waals surface area contributed by atoms with Crippen molar-refractivity contribution in [1.29, 1.82) is 0 Å². The zero-order chi connectivity index (χ0) is 48.4. The largest absolute Gasteiger partial charge is 0.342 e. The maximum absolute atomic E-state index is 12.8. The first-order valence-electron chi connectivity index (χ1n) is 25.1. The van der Waals surface area contributed by atoms with Crippen molar-refractivity contribution < 1.29 is 9.59 Å². The number of nitrogens with one attached hydrogen (secondary N) is 5. The number of fused-ring (bicyclic) bond motifs is 2. The topological polar surface area (TPSA) is 222 Å². The molecule has 2 atom stereocenters. The lowest BCUT2D eigenvalue weighted by Gasteiger charge is -2.34. The Hall–Kier alpha value is -6.89. The summed E-state index contributed by atoms with van der Waals surface area (Å²) < 4.78 is 0. The van der Waals surface area contributed by atoms with Gasteiger partial charge in [0.2, 0.25) is 11.8 Å². The molecule has 18 nitrogen and oxygen atoms in total. The molecule has 2 aromatic carbocycles. The third-order valence-electron chi connectivity index (χ3n) is 14.0. The fraction of sp³-hybridized carbons (Fsp3) is 0.423. The summed E-state index contributed by atoms with van der Waals surface area (Å²) in [7, 11) is 0. The second kappa shape index (κ2) is 22.9. The molecular formula is C52H61ClN16O2. The van der Waals surface area contributed by atoms with Crippen molar-refractivity contribution in [2.75, 3.05) is 64.8 Å². The summed E-state index contributed by atoms with van der Waals surface area (Å²) in [6, 6.07) is 20.1. The molecule has 10 heterocycles. The van der Waals surface area contributed by atoms with Crippen LogP contribution in [0.25, 0.3) is 67.1 Å². The monoisotopic (exact) mass is 976 g/mol. The van der Waals surface area contributed by atoms with E-state index in [1.54, 1.807) is 24.8 Å². The summed E-state index contributed by atoms with van der Waals surface area (Å²) in [5.74, 6) is 4.44. The Kier molecular flexibility index (Phi) is 15.4. The molecule has 71 heavy (non-hydrogen) atoms. The van der Waals surface area contributed by atoms with Crippen LogP contribution in [0.1, 0.15) is 87.7 Å². The zero-order valence-electron chi connectivity index (χ0n) is 40.0. The molecule has 12 rings (SSSR count). The first-order chi connectivity index (χ1) is 35.0. The summed E-state index contributed by atoms with van der Waals surface area (Å²) in [6.07, 6.45) is 18.6. The van der Waals surface area contributed by atoms with Gasteiger partial charge in [-0.1, -0.05) is 0 Å². The van der Waals surface area contributed by atoms with E-state index < -0.39 is 0 Å². The Labute approximate surface area is 417 Å². The number of hydrogen-bond donors (Lipinski definition) is 5. The number of hydrogen-bond acceptors (Lipinski definition) is 12. The van der Waals surface area contributed by atoms with Crippen molar-refractivity contribution in [2.24, 2.45) is 0 Å². The van der Waals surface area contributed by atoms with Crippen LogP contribution < -0.4 is 5.32 Å². The normalized spacial score (nSPS) is 18.7. The van der Waals surface area contributed by atoms with E-state index in [0.29, 0.717) is 18.3 Å². The predicted molar refractivity (Wildman–Crippen MR) is 274 cm³/mol. The number of nitrogens with zero attached hydrogens (tertiary/aromatic N) is 11. The summed E-state index contributed by atoms with van der Waals surface area (Å²) >= 11 is 5.39. The molecule has 0 aliphatic carbocycles. The van der Waals surface area contributed by atoms with E-state index in [1.165, 1.54) is 19.3 Å². The van der Waals surface area contributed by atoms with Gasteiger partial charge in [-0.05, 0) is 138 Å². The van der Waals surface area contributed by atoms with Gasteiger partial charge in [-0.2, -0.15) is 20.4 Å². The van der Waals surface area contributed by atoms with Crippen molar-refractivity contribution in [1.82, 2.24) is 80.7 Å². The molecule has 4 saturated heterocycles. The van der Waals surface area contributed by atoms with Crippen LogP contribution in [0.5, 0.6) is 0 Å². The van der Waals surface area contributed by atoms with Crippen molar-refractivity contribution in [3.05, 3.63) is 97.1 Å². The Bertz CT molecular complexity index is 2990. The molecule has 19 heteroatoms. The number of amides is 2. The molecule has 0 saturated carbocycles. The highest BCUT2D eigenvalue weighted by molar-refractivity contribution is 6.27.